The average Bonchev–Trinajstić information content (AvgIpc) is 2.19. The number of rotatable bonds is 4. The van der Waals surface area contributed by atoms with Gasteiger partial charge in [-0.3, -0.25) is 0 Å². The smallest absolute Gasteiger partial charge is 0.103 e. The summed E-state index contributed by atoms with van der Waals surface area (Å²) in [7, 11) is 0. The van der Waals surface area contributed by atoms with Crippen LogP contribution in [0, 0.1) is 0 Å². The molecule has 14 heavy (non-hydrogen) atoms. The molecule has 2 N–H and O–H groups in total. The lowest BCUT2D eigenvalue weighted by Crippen LogP contribution is -2.08. The van der Waals surface area contributed by atoms with E-state index in [1.807, 2.05) is 24.3 Å². The number of benzene rings is 1. The van der Waals surface area contributed by atoms with E-state index in [1.54, 1.807) is 0 Å². The first-order chi connectivity index (χ1) is 6.74. The van der Waals surface area contributed by atoms with Gasteiger partial charge < -0.3 is 5.73 Å². The third kappa shape index (κ3) is 3.60. The molecule has 74 valence electrons. The van der Waals surface area contributed by atoms with Crippen LogP contribution in [0.15, 0.2) is 30.3 Å². The van der Waals surface area contributed by atoms with E-state index in [2.05, 4.69) is 28.1 Å². The first kappa shape index (κ1) is 11.4. The minimum atomic E-state index is 0.445. The number of nitrogens with two attached hydrogens (primary N) is 1. The summed E-state index contributed by atoms with van der Waals surface area (Å²) in [6.07, 6.45) is 5.26. The van der Waals surface area contributed by atoms with E-state index in [1.165, 1.54) is 5.56 Å². The summed E-state index contributed by atoms with van der Waals surface area (Å²) >= 11 is 8.23. The van der Waals surface area contributed by atoms with E-state index in [9.17, 15) is 0 Å². The van der Waals surface area contributed by atoms with Crippen molar-refractivity contribution in [1.82, 2.24) is 0 Å². The second kappa shape index (κ2) is 5.94. The Hall–Kier alpha value is -0.670. The highest BCUT2D eigenvalue weighted by molar-refractivity contribution is 9.09. The molecule has 1 aromatic rings. The second-order valence-corrected chi connectivity index (χ2v) is 4.10. The van der Waals surface area contributed by atoms with Gasteiger partial charge in [0.25, 0.3) is 0 Å². The molecule has 0 saturated heterocycles. The molecular formula is C11H12BrNS. The summed E-state index contributed by atoms with van der Waals surface area (Å²) in [5.74, 6) is 0. The average molecular weight is 270 g/mol. The molecule has 0 aliphatic rings. The molecule has 1 nitrogen and oxygen atoms in total. The van der Waals surface area contributed by atoms with E-state index < -0.39 is 0 Å². The Morgan fingerprint density at radius 3 is 2.50 bits per heavy atom. The Balaban J connectivity index is 2.68. The highest BCUT2D eigenvalue weighted by Crippen LogP contribution is 2.06. The molecule has 0 saturated carbocycles. The Bertz CT molecular complexity index is 330. The summed E-state index contributed by atoms with van der Waals surface area (Å²) in [6, 6.07) is 7.91. The van der Waals surface area contributed by atoms with E-state index in [0.29, 0.717) is 4.99 Å². The lowest BCUT2D eigenvalue weighted by Gasteiger charge is -1.98. The third-order valence-corrected chi connectivity index (χ3v) is 2.47. The topological polar surface area (TPSA) is 26.0 Å². The molecule has 0 heterocycles. The maximum atomic E-state index is 5.49. The maximum absolute atomic E-state index is 5.49. The summed E-state index contributed by atoms with van der Waals surface area (Å²) in [6.45, 7) is 0. The van der Waals surface area contributed by atoms with Crippen LogP contribution >= 0.6 is 28.1 Å². The van der Waals surface area contributed by atoms with Crippen LogP contribution in [0.1, 0.15) is 17.5 Å². The van der Waals surface area contributed by atoms with Crippen LogP contribution < -0.4 is 5.73 Å². The van der Waals surface area contributed by atoms with Gasteiger partial charge in [0.2, 0.25) is 0 Å². The van der Waals surface area contributed by atoms with Crippen LogP contribution in [0.3, 0.4) is 0 Å². The van der Waals surface area contributed by atoms with E-state index in [-0.39, 0.29) is 0 Å². The Morgan fingerprint density at radius 1 is 1.36 bits per heavy atom. The maximum Gasteiger partial charge on any atom is 0.103 e. The van der Waals surface area contributed by atoms with Gasteiger partial charge in [-0.15, -0.1) is 0 Å². The molecule has 3 heteroatoms. The third-order valence-electron chi connectivity index (χ3n) is 1.78. The van der Waals surface area contributed by atoms with Crippen molar-refractivity contribution in [2.75, 3.05) is 5.33 Å². The number of alkyl halides is 1. The van der Waals surface area contributed by atoms with Crippen LogP contribution in [-0.4, -0.2) is 10.3 Å². The Kier molecular flexibility index (Phi) is 4.84. The molecule has 0 fully saturated rings. The van der Waals surface area contributed by atoms with Crippen LogP contribution in [0.5, 0.6) is 0 Å². The van der Waals surface area contributed by atoms with Gasteiger partial charge in [0.15, 0.2) is 0 Å². The van der Waals surface area contributed by atoms with Gasteiger partial charge in [-0.05, 0) is 12.0 Å². The second-order valence-electron chi connectivity index (χ2n) is 2.87. The van der Waals surface area contributed by atoms with Gasteiger partial charge >= 0.3 is 0 Å². The van der Waals surface area contributed by atoms with Crippen LogP contribution in [0.25, 0.3) is 6.08 Å². The normalized spacial score (nSPS) is 10.6. The van der Waals surface area contributed by atoms with Crippen LogP contribution in [0.2, 0.25) is 0 Å². The van der Waals surface area contributed by atoms with Crippen molar-refractivity contribution in [3.05, 3.63) is 41.5 Å². The van der Waals surface area contributed by atoms with Crippen molar-refractivity contribution in [3.63, 3.8) is 0 Å². The number of hydrogen-bond acceptors (Lipinski definition) is 1. The van der Waals surface area contributed by atoms with Crippen molar-refractivity contribution in [2.24, 2.45) is 5.73 Å². The van der Waals surface area contributed by atoms with Gasteiger partial charge in [0.1, 0.15) is 4.99 Å². The summed E-state index contributed by atoms with van der Waals surface area (Å²) < 4.78 is 0. The molecule has 0 spiro atoms. The fraction of sp³-hybridized carbons (Fsp3) is 0.182. The molecule has 0 atom stereocenters. The molecule has 0 amide bonds. The molecular weight excluding hydrogens is 258 g/mol. The fourth-order valence-corrected chi connectivity index (χ4v) is 1.44. The van der Waals surface area contributed by atoms with E-state index in [4.69, 9.17) is 18.0 Å². The highest BCUT2D eigenvalue weighted by atomic mass is 79.9. The van der Waals surface area contributed by atoms with Gasteiger partial charge in [-0.25, -0.2) is 0 Å². The molecule has 0 radical (unpaired) electrons. The number of hydrogen-bond donors (Lipinski definition) is 1. The number of allylic oxidation sites excluding steroid dienone is 1. The van der Waals surface area contributed by atoms with Crippen molar-refractivity contribution in [3.8, 4) is 0 Å². The van der Waals surface area contributed by atoms with Crippen LogP contribution in [-0.2, 0) is 0 Å². The zero-order valence-electron chi connectivity index (χ0n) is 7.74. The minimum absolute atomic E-state index is 0.445. The summed E-state index contributed by atoms with van der Waals surface area (Å²) in [4.78, 5) is 0.445. The lowest BCUT2D eigenvalue weighted by atomic mass is 10.1. The Labute approximate surface area is 98.1 Å². The molecule has 0 aliphatic heterocycles. The first-order valence-electron chi connectivity index (χ1n) is 4.36. The van der Waals surface area contributed by atoms with Gasteiger partial charge in [0.05, 0.1) is 0 Å². The summed E-state index contributed by atoms with van der Waals surface area (Å²) in [5.41, 5.74) is 7.58. The Morgan fingerprint density at radius 2 is 2.00 bits per heavy atom. The molecule has 0 aromatic heterocycles. The van der Waals surface area contributed by atoms with Crippen molar-refractivity contribution < 1.29 is 0 Å². The van der Waals surface area contributed by atoms with E-state index in [0.717, 1.165) is 17.3 Å². The SMILES string of the molecule is NC(=S)c1ccc(C=CCCBr)cc1. The van der Waals surface area contributed by atoms with Gasteiger partial charge in [0, 0.05) is 10.9 Å². The molecule has 0 bridgehead atoms. The molecule has 1 rings (SSSR count). The number of halogens is 1. The van der Waals surface area contributed by atoms with Crippen molar-refractivity contribution in [1.29, 1.82) is 0 Å². The monoisotopic (exact) mass is 269 g/mol. The minimum Gasteiger partial charge on any atom is -0.389 e. The fourth-order valence-electron chi connectivity index (χ4n) is 1.04. The first-order valence-corrected chi connectivity index (χ1v) is 5.89. The predicted octanol–water partition coefficient (Wildman–Crippen LogP) is 3.12. The van der Waals surface area contributed by atoms with Gasteiger partial charge in [-0.1, -0.05) is 64.6 Å². The number of thiocarbonyl (C=S) groups is 1. The standard InChI is InChI=1S/C11H12BrNS/c12-8-2-1-3-9-4-6-10(7-5-9)11(13)14/h1,3-7H,2,8H2,(H2,13,14). The van der Waals surface area contributed by atoms with Crippen molar-refractivity contribution in [2.45, 2.75) is 6.42 Å². The van der Waals surface area contributed by atoms with Gasteiger partial charge in [-0.2, -0.15) is 0 Å². The highest BCUT2D eigenvalue weighted by Gasteiger charge is 1.93. The zero-order valence-corrected chi connectivity index (χ0v) is 10.1. The largest absolute Gasteiger partial charge is 0.389 e. The molecule has 1 aromatic carbocycles. The van der Waals surface area contributed by atoms with E-state index >= 15 is 0 Å². The van der Waals surface area contributed by atoms with Crippen molar-refractivity contribution >= 4 is 39.2 Å². The zero-order chi connectivity index (χ0) is 10.4. The van der Waals surface area contributed by atoms with Crippen LogP contribution in [0.4, 0.5) is 0 Å². The quantitative estimate of drug-likeness (QED) is 0.672. The molecule has 0 unspecified atom stereocenters. The lowest BCUT2D eigenvalue weighted by molar-refractivity contribution is 1.27. The summed E-state index contributed by atoms with van der Waals surface area (Å²) in [5, 5.41) is 0.995. The molecule has 0 aliphatic carbocycles. The predicted molar refractivity (Wildman–Crippen MR) is 69.8 cm³/mol.